The molecule has 0 fully saturated rings. The maximum Gasteiger partial charge on any atom is 0.0735 e. The highest BCUT2D eigenvalue weighted by Gasteiger charge is 2.48. The van der Waals surface area contributed by atoms with Gasteiger partial charge in [0.05, 0.1) is 16.4 Å². The SMILES string of the molecule is c1ccc(-c2cc(-c3ccccc3)cc(-n3c4ccccc4c4c5c(ccc43)-c3ccccc3C5(c3ccccc3)c3cccnc3)c2)cc1. The van der Waals surface area contributed by atoms with Crippen LogP contribution in [0.25, 0.3) is 60.9 Å². The second-order valence-corrected chi connectivity index (χ2v) is 13.1. The highest BCUT2D eigenvalue weighted by Crippen LogP contribution is 2.59. The molecule has 0 bridgehead atoms. The van der Waals surface area contributed by atoms with Crippen LogP contribution >= 0.6 is 0 Å². The highest BCUT2D eigenvalue weighted by molar-refractivity contribution is 6.15. The summed E-state index contributed by atoms with van der Waals surface area (Å²) in [7, 11) is 0. The van der Waals surface area contributed by atoms with Crippen LogP contribution in [0.1, 0.15) is 22.3 Å². The molecule has 0 aliphatic heterocycles. The first-order chi connectivity index (χ1) is 24.8. The Hall–Kier alpha value is -6.51. The predicted molar refractivity (Wildman–Crippen MR) is 207 cm³/mol. The van der Waals surface area contributed by atoms with Gasteiger partial charge >= 0.3 is 0 Å². The van der Waals surface area contributed by atoms with E-state index in [1.165, 1.54) is 77.4 Å². The number of fused-ring (bicyclic) bond motifs is 7. The molecule has 10 rings (SSSR count). The molecule has 2 heterocycles. The smallest absolute Gasteiger partial charge is 0.0735 e. The van der Waals surface area contributed by atoms with E-state index >= 15 is 0 Å². The molecule has 2 heteroatoms. The van der Waals surface area contributed by atoms with Crippen LogP contribution < -0.4 is 0 Å². The van der Waals surface area contributed by atoms with Gasteiger partial charge in [-0.15, -0.1) is 0 Å². The minimum absolute atomic E-state index is 0.559. The summed E-state index contributed by atoms with van der Waals surface area (Å²) in [6.45, 7) is 0. The summed E-state index contributed by atoms with van der Waals surface area (Å²) in [5, 5.41) is 2.51. The van der Waals surface area contributed by atoms with Crippen LogP contribution in [0.5, 0.6) is 0 Å². The van der Waals surface area contributed by atoms with Crippen molar-refractivity contribution in [2.75, 3.05) is 0 Å². The molecule has 0 spiro atoms. The molecule has 1 aliphatic rings. The normalized spacial score (nSPS) is 14.9. The monoisotopic (exact) mass is 636 g/mol. The fraction of sp³-hybridized carbons (Fsp3) is 0.0208. The summed E-state index contributed by atoms with van der Waals surface area (Å²) in [4.78, 5) is 4.71. The fourth-order valence-corrected chi connectivity index (χ4v) is 8.51. The molecule has 2 nitrogen and oxygen atoms in total. The van der Waals surface area contributed by atoms with Crippen molar-refractivity contribution in [3.63, 3.8) is 0 Å². The van der Waals surface area contributed by atoms with E-state index in [1.54, 1.807) is 0 Å². The molecule has 0 amide bonds. The minimum atomic E-state index is -0.559. The standard InChI is InChI=1S/C48H32N2/c1-4-15-33(16-5-1)35-29-36(34-17-6-2-7-18-34)31-39(30-35)50-44-25-13-11-23-42(44)46-45(50)27-26-41-40-22-10-12-24-43(40)48(47(41)46,37-19-8-3-9-20-37)38-21-14-28-49-32-38/h1-32H. The molecule has 7 aromatic carbocycles. The molecule has 234 valence electrons. The third-order valence-electron chi connectivity index (χ3n) is 10.5. The number of rotatable bonds is 5. The van der Waals surface area contributed by atoms with E-state index in [4.69, 9.17) is 4.98 Å². The Morgan fingerprint density at radius 1 is 0.440 bits per heavy atom. The number of hydrogen-bond acceptors (Lipinski definition) is 1. The van der Waals surface area contributed by atoms with Crippen LogP contribution in [0, 0.1) is 0 Å². The van der Waals surface area contributed by atoms with Gasteiger partial charge in [0.1, 0.15) is 0 Å². The molecule has 0 saturated carbocycles. The Morgan fingerprint density at radius 3 is 1.76 bits per heavy atom. The van der Waals surface area contributed by atoms with Crippen molar-refractivity contribution < 1.29 is 0 Å². The Kier molecular flexibility index (Phi) is 6.43. The van der Waals surface area contributed by atoms with Crippen LogP contribution in [-0.4, -0.2) is 9.55 Å². The Bertz CT molecular complexity index is 2580. The lowest BCUT2D eigenvalue weighted by molar-refractivity contribution is 0.770. The second-order valence-electron chi connectivity index (χ2n) is 13.1. The van der Waals surface area contributed by atoms with E-state index in [-0.39, 0.29) is 0 Å². The van der Waals surface area contributed by atoms with Crippen LogP contribution in [0.4, 0.5) is 0 Å². The van der Waals surface area contributed by atoms with Gasteiger partial charge in [-0.05, 0) is 92.0 Å². The summed E-state index contributed by atoms with van der Waals surface area (Å²) in [6, 6.07) is 66.3. The van der Waals surface area contributed by atoms with Crippen molar-refractivity contribution in [3.05, 3.63) is 217 Å². The highest BCUT2D eigenvalue weighted by atomic mass is 15.0. The quantitative estimate of drug-likeness (QED) is 0.184. The molecule has 0 radical (unpaired) electrons. The van der Waals surface area contributed by atoms with E-state index in [0.717, 1.165) is 5.69 Å². The van der Waals surface area contributed by atoms with Crippen LogP contribution in [-0.2, 0) is 5.41 Å². The maximum atomic E-state index is 4.71. The average Bonchev–Trinajstić information content (AvgIpc) is 3.70. The lowest BCUT2D eigenvalue weighted by atomic mass is 9.67. The summed E-state index contributed by atoms with van der Waals surface area (Å²) in [6.07, 6.45) is 3.94. The molecule has 9 aromatic rings. The van der Waals surface area contributed by atoms with Gasteiger partial charge in [-0.3, -0.25) is 4.98 Å². The van der Waals surface area contributed by atoms with Crippen molar-refractivity contribution in [3.8, 4) is 39.1 Å². The third kappa shape index (κ3) is 4.12. The maximum absolute atomic E-state index is 4.71. The van der Waals surface area contributed by atoms with Crippen molar-refractivity contribution in [2.24, 2.45) is 0 Å². The molecule has 2 aromatic heterocycles. The summed E-state index contributed by atoms with van der Waals surface area (Å²) >= 11 is 0. The van der Waals surface area contributed by atoms with Gasteiger partial charge < -0.3 is 4.57 Å². The van der Waals surface area contributed by atoms with Gasteiger partial charge in [-0.25, -0.2) is 0 Å². The second kappa shape index (κ2) is 11.3. The lowest BCUT2D eigenvalue weighted by Crippen LogP contribution is -2.29. The zero-order valence-corrected chi connectivity index (χ0v) is 27.4. The first-order valence-electron chi connectivity index (χ1n) is 17.2. The lowest BCUT2D eigenvalue weighted by Gasteiger charge is -2.34. The molecule has 50 heavy (non-hydrogen) atoms. The van der Waals surface area contributed by atoms with Crippen LogP contribution in [0.2, 0.25) is 0 Å². The van der Waals surface area contributed by atoms with E-state index in [2.05, 4.69) is 193 Å². The zero-order chi connectivity index (χ0) is 33.1. The largest absolute Gasteiger partial charge is 0.309 e. The first kappa shape index (κ1) is 28.5. The molecular weight excluding hydrogens is 605 g/mol. The van der Waals surface area contributed by atoms with E-state index in [1.807, 2.05) is 6.20 Å². The Morgan fingerprint density at radius 2 is 1.06 bits per heavy atom. The molecule has 0 N–H and O–H groups in total. The number of nitrogens with zero attached hydrogens (tertiary/aromatic N) is 2. The molecule has 1 aliphatic carbocycles. The minimum Gasteiger partial charge on any atom is -0.309 e. The van der Waals surface area contributed by atoms with Gasteiger partial charge in [0, 0.05) is 28.9 Å². The molecule has 1 unspecified atom stereocenters. The van der Waals surface area contributed by atoms with Gasteiger partial charge in [0.15, 0.2) is 0 Å². The third-order valence-corrected chi connectivity index (χ3v) is 10.5. The zero-order valence-electron chi connectivity index (χ0n) is 27.4. The van der Waals surface area contributed by atoms with Crippen molar-refractivity contribution in [1.82, 2.24) is 9.55 Å². The van der Waals surface area contributed by atoms with Gasteiger partial charge in [-0.2, -0.15) is 0 Å². The van der Waals surface area contributed by atoms with Gasteiger partial charge in [0.2, 0.25) is 0 Å². The van der Waals surface area contributed by atoms with Crippen LogP contribution in [0.15, 0.2) is 194 Å². The van der Waals surface area contributed by atoms with Gasteiger partial charge in [0.25, 0.3) is 0 Å². The number of hydrogen-bond donors (Lipinski definition) is 0. The van der Waals surface area contributed by atoms with Crippen molar-refractivity contribution in [1.29, 1.82) is 0 Å². The number of para-hydroxylation sites is 1. The number of pyridine rings is 1. The summed E-state index contributed by atoms with van der Waals surface area (Å²) in [5.41, 5.74) is 15.3. The van der Waals surface area contributed by atoms with E-state index in [9.17, 15) is 0 Å². The average molecular weight is 637 g/mol. The fourth-order valence-electron chi connectivity index (χ4n) is 8.51. The van der Waals surface area contributed by atoms with E-state index < -0.39 is 5.41 Å². The number of aromatic nitrogens is 2. The summed E-state index contributed by atoms with van der Waals surface area (Å²) < 4.78 is 2.48. The Balaban J connectivity index is 1.36. The topological polar surface area (TPSA) is 17.8 Å². The molecule has 0 saturated heterocycles. The molecular formula is C48H32N2. The van der Waals surface area contributed by atoms with Gasteiger partial charge in [-0.1, -0.05) is 146 Å². The van der Waals surface area contributed by atoms with Crippen molar-refractivity contribution in [2.45, 2.75) is 5.41 Å². The van der Waals surface area contributed by atoms with E-state index in [0.29, 0.717) is 0 Å². The Labute approximate surface area is 291 Å². The predicted octanol–water partition coefficient (Wildman–Crippen LogP) is 11.9. The first-order valence-corrected chi connectivity index (χ1v) is 17.2. The summed E-state index contributed by atoms with van der Waals surface area (Å²) in [5.74, 6) is 0. The molecule has 1 atom stereocenters. The van der Waals surface area contributed by atoms with Crippen molar-refractivity contribution >= 4 is 21.8 Å². The number of benzene rings is 7. The van der Waals surface area contributed by atoms with Crippen LogP contribution in [0.3, 0.4) is 0 Å².